The van der Waals surface area contributed by atoms with E-state index in [1.807, 2.05) is 0 Å². The number of sulfonamides is 1. The molecule has 7 rings (SSSR count). The fourth-order valence-corrected chi connectivity index (χ4v) is 8.37. The van der Waals surface area contributed by atoms with Gasteiger partial charge in [0.25, 0.3) is 11.8 Å². The van der Waals surface area contributed by atoms with E-state index in [2.05, 4.69) is 0 Å². The van der Waals surface area contributed by atoms with Gasteiger partial charge in [0, 0.05) is 64.1 Å². The number of alkyl halides is 2. The Morgan fingerprint density at radius 2 is 1.51 bits per heavy atom. The minimum Gasteiger partial charge on any atom is -0.486 e. The predicted octanol–water partition coefficient (Wildman–Crippen LogP) is 2.02. The number of carboxylic acid groups (broad SMARTS) is 1. The molecule has 3 atom stereocenters. The number of benzene rings is 2. The first-order valence-electron chi connectivity index (χ1n) is 14.7. The summed E-state index contributed by atoms with van der Waals surface area (Å²) in [5.74, 6) is -5.01. The maximum absolute atomic E-state index is 14.9. The smallest absolute Gasteiger partial charge is 0.407 e. The number of carbonyl (C=O) groups excluding carboxylic acids is 1. The number of hydrogen-bond acceptors (Lipinski definition) is 8. The van der Waals surface area contributed by atoms with Gasteiger partial charge in [-0.05, 0) is 41.0 Å². The molecule has 5 heterocycles. The van der Waals surface area contributed by atoms with Gasteiger partial charge >= 0.3 is 6.09 Å². The Morgan fingerprint density at radius 3 is 2.16 bits per heavy atom. The minimum absolute atomic E-state index is 0.0603. The number of carbonyl (C=O) groups is 2. The number of ether oxygens (including phenoxy) is 2. The number of likely N-dealkylation sites (tertiary alicyclic amines) is 1. The molecule has 2 aromatic rings. The van der Waals surface area contributed by atoms with Crippen molar-refractivity contribution < 1.29 is 46.5 Å². The van der Waals surface area contributed by atoms with Crippen LogP contribution in [0.5, 0.6) is 11.5 Å². The molecule has 12 nitrogen and oxygen atoms in total. The summed E-state index contributed by atoms with van der Waals surface area (Å²) >= 11 is 0. The second kappa shape index (κ2) is 10.8. The molecule has 45 heavy (non-hydrogen) atoms. The summed E-state index contributed by atoms with van der Waals surface area (Å²) in [5.41, 5.74) is 2.49. The standard InChI is InChI=1S/C30H32F2N4O8S/c31-30(32)21-14-33(15-22(30)17-35(16-21)29(39)40)23-3-1-2-18(8-23)27(37)28(38)34-10-19-12-36(13-20(19)11-34)45(41,42)24-4-5-25-26(9-24)44-7-6-43-25/h1-5,8-9,21-22,27,37H,6-7,10-17H2,(H,39,40). The molecule has 0 aromatic heterocycles. The van der Waals surface area contributed by atoms with Crippen molar-refractivity contribution in [3.05, 3.63) is 59.2 Å². The van der Waals surface area contributed by atoms with E-state index in [-0.39, 0.29) is 57.3 Å². The van der Waals surface area contributed by atoms with Gasteiger partial charge in [-0.2, -0.15) is 4.31 Å². The Bertz CT molecular complexity index is 1670. The second-order valence-corrected chi connectivity index (χ2v) is 14.1. The van der Waals surface area contributed by atoms with Crippen molar-refractivity contribution in [2.45, 2.75) is 16.9 Å². The van der Waals surface area contributed by atoms with Crippen molar-refractivity contribution in [2.24, 2.45) is 11.8 Å². The van der Waals surface area contributed by atoms with Gasteiger partial charge in [0.2, 0.25) is 10.0 Å². The highest BCUT2D eigenvalue weighted by atomic mass is 32.2. The number of aliphatic hydroxyl groups excluding tert-OH is 1. The zero-order valence-electron chi connectivity index (χ0n) is 24.1. The van der Waals surface area contributed by atoms with E-state index in [4.69, 9.17) is 9.47 Å². The molecular weight excluding hydrogens is 614 g/mol. The highest BCUT2D eigenvalue weighted by Crippen LogP contribution is 2.44. The molecule has 240 valence electrons. The predicted molar refractivity (Wildman–Crippen MR) is 155 cm³/mol. The number of aliphatic hydroxyl groups is 1. The van der Waals surface area contributed by atoms with Crippen molar-refractivity contribution in [3.8, 4) is 11.5 Å². The normalized spacial score (nSPS) is 24.9. The van der Waals surface area contributed by atoms with Crippen LogP contribution < -0.4 is 14.4 Å². The third kappa shape index (κ3) is 5.16. The summed E-state index contributed by atoms with van der Waals surface area (Å²) in [4.78, 5) is 29.2. The molecular formula is C30H32F2N4O8S. The second-order valence-electron chi connectivity index (χ2n) is 12.1. The lowest BCUT2D eigenvalue weighted by Gasteiger charge is -2.50. The first-order chi connectivity index (χ1) is 21.4. The van der Waals surface area contributed by atoms with Crippen LogP contribution in [0.25, 0.3) is 0 Å². The average Bonchev–Trinajstić information content (AvgIpc) is 3.60. The van der Waals surface area contributed by atoms with E-state index in [9.17, 15) is 37.0 Å². The maximum atomic E-state index is 14.9. The van der Waals surface area contributed by atoms with Gasteiger partial charge in [0.15, 0.2) is 17.6 Å². The first-order valence-corrected chi connectivity index (χ1v) is 16.1. The quantitative estimate of drug-likeness (QED) is 0.467. The molecule has 3 unspecified atom stereocenters. The number of amides is 2. The third-order valence-electron chi connectivity index (χ3n) is 9.37. The van der Waals surface area contributed by atoms with Gasteiger partial charge in [-0.3, -0.25) is 4.79 Å². The lowest BCUT2D eigenvalue weighted by Crippen LogP contribution is -2.64. The third-order valence-corrected chi connectivity index (χ3v) is 11.2. The monoisotopic (exact) mass is 646 g/mol. The highest BCUT2D eigenvalue weighted by Gasteiger charge is 2.56. The molecule has 2 N–H and O–H groups in total. The Labute approximate surface area is 258 Å². The van der Waals surface area contributed by atoms with Gasteiger partial charge in [0.1, 0.15) is 13.2 Å². The van der Waals surface area contributed by atoms with Crippen molar-refractivity contribution in [1.29, 1.82) is 0 Å². The number of anilines is 1. The largest absolute Gasteiger partial charge is 0.486 e. The van der Waals surface area contributed by atoms with Gasteiger partial charge in [-0.15, -0.1) is 0 Å². The number of fused-ring (bicyclic) bond motifs is 3. The average molecular weight is 647 g/mol. The molecule has 2 fully saturated rings. The molecule has 5 aliphatic rings. The van der Waals surface area contributed by atoms with Crippen LogP contribution in [0.15, 0.2) is 58.5 Å². The fourth-order valence-electron chi connectivity index (χ4n) is 6.93. The molecule has 0 spiro atoms. The van der Waals surface area contributed by atoms with Crippen LogP contribution in [0.1, 0.15) is 11.7 Å². The highest BCUT2D eigenvalue weighted by molar-refractivity contribution is 7.89. The summed E-state index contributed by atoms with van der Waals surface area (Å²) < 4.78 is 68.9. The van der Waals surface area contributed by atoms with Crippen molar-refractivity contribution in [2.75, 3.05) is 70.5 Å². The van der Waals surface area contributed by atoms with Crippen LogP contribution in [0.2, 0.25) is 0 Å². The van der Waals surface area contributed by atoms with Crippen LogP contribution in [-0.2, 0) is 14.8 Å². The molecule has 0 saturated carbocycles. The Hall–Kier alpha value is -3.95. The molecule has 2 aromatic carbocycles. The maximum Gasteiger partial charge on any atom is 0.407 e. The number of hydrogen-bond donors (Lipinski definition) is 2. The summed E-state index contributed by atoms with van der Waals surface area (Å²) in [6.07, 6.45) is -2.72. The number of halogens is 2. The van der Waals surface area contributed by atoms with Crippen LogP contribution in [0.4, 0.5) is 19.3 Å². The molecule has 15 heteroatoms. The van der Waals surface area contributed by atoms with E-state index < -0.39 is 45.9 Å². The number of nitrogens with zero attached hydrogens (tertiary/aromatic N) is 4. The van der Waals surface area contributed by atoms with Crippen molar-refractivity contribution in [3.63, 3.8) is 0 Å². The molecule has 2 saturated heterocycles. The van der Waals surface area contributed by atoms with Crippen LogP contribution in [0.3, 0.4) is 0 Å². The van der Waals surface area contributed by atoms with E-state index in [1.165, 1.54) is 21.3 Å². The summed E-state index contributed by atoms with van der Waals surface area (Å²) in [6, 6.07) is 11.1. The Balaban J connectivity index is 0.992. The summed E-state index contributed by atoms with van der Waals surface area (Å²) in [6.45, 7) is 0.701. The van der Waals surface area contributed by atoms with Gasteiger partial charge < -0.3 is 34.4 Å². The van der Waals surface area contributed by atoms with Crippen LogP contribution in [0, 0.1) is 11.8 Å². The lowest BCUT2D eigenvalue weighted by molar-refractivity contribution is -0.151. The fraction of sp³-hybridized carbons (Fsp3) is 0.467. The van der Waals surface area contributed by atoms with Gasteiger partial charge in [-0.1, -0.05) is 12.1 Å². The summed E-state index contributed by atoms with van der Waals surface area (Å²) in [5, 5.41) is 20.4. The molecule has 2 amide bonds. The zero-order valence-corrected chi connectivity index (χ0v) is 25.0. The molecule has 2 bridgehead atoms. The Kier molecular flexibility index (Phi) is 7.17. The topological polar surface area (TPSA) is 140 Å². The molecule has 0 aliphatic carbocycles. The lowest BCUT2D eigenvalue weighted by atomic mass is 9.80. The van der Waals surface area contributed by atoms with Crippen molar-refractivity contribution in [1.82, 2.24) is 14.1 Å². The van der Waals surface area contributed by atoms with Crippen molar-refractivity contribution >= 4 is 27.7 Å². The van der Waals surface area contributed by atoms with E-state index >= 15 is 0 Å². The molecule has 0 radical (unpaired) electrons. The first kappa shape index (κ1) is 29.7. The zero-order chi connectivity index (χ0) is 31.7. The van der Waals surface area contributed by atoms with E-state index in [0.717, 1.165) is 16.0 Å². The summed E-state index contributed by atoms with van der Waals surface area (Å²) in [7, 11) is -3.83. The SMILES string of the molecule is O=C(O)N1CC2CN(c3cccc(C(O)C(=O)N4CC5=C(C4)CN(S(=O)(=O)c4ccc6c(c4)OCCO6)C5)c3)CC(C1)C2(F)F. The van der Waals surface area contributed by atoms with Crippen LogP contribution in [-0.4, -0.2) is 116 Å². The minimum atomic E-state index is -3.83. The van der Waals surface area contributed by atoms with E-state index in [1.54, 1.807) is 35.2 Å². The number of rotatable bonds is 5. The van der Waals surface area contributed by atoms with Crippen LogP contribution >= 0.6 is 0 Å². The van der Waals surface area contributed by atoms with Gasteiger partial charge in [-0.25, -0.2) is 22.0 Å². The Morgan fingerprint density at radius 1 is 0.867 bits per heavy atom. The molecule has 5 aliphatic heterocycles. The number of piperidine rings is 2. The van der Waals surface area contributed by atoms with Gasteiger partial charge in [0.05, 0.1) is 16.7 Å². The van der Waals surface area contributed by atoms with E-state index in [0.29, 0.717) is 36.0 Å².